The highest BCUT2D eigenvalue weighted by molar-refractivity contribution is 7.92. The van der Waals surface area contributed by atoms with Gasteiger partial charge in [0.2, 0.25) is 5.95 Å². The molecule has 0 saturated heterocycles. The normalized spacial score (nSPS) is 14.7. The molecule has 3 aromatic rings. The Morgan fingerprint density at radius 3 is 2.39 bits per heavy atom. The maximum atomic E-state index is 12.9. The van der Waals surface area contributed by atoms with Crippen molar-refractivity contribution >= 4 is 50.4 Å². The molecule has 10 heteroatoms. The van der Waals surface area contributed by atoms with E-state index in [1.807, 2.05) is 32.0 Å². The smallest absolute Gasteiger partial charge is 0.229 e. The highest BCUT2D eigenvalue weighted by atomic mass is 35.5. The number of carbonyl (C=O) groups is 1. The Bertz CT molecular complexity index is 1420. The lowest BCUT2D eigenvalue weighted by molar-refractivity contribution is -0.120. The van der Waals surface area contributed by atoms with E-state index < -0.39 is 15.1 Å². The number of sulfone groups is 1. The number of nitrogens with one attached hydrogen (secondary N) is 2. The van der Waals surface area contributed by atoms with Gasteiger partial charge in [0.15, 0.2) is 15.7 Å². The minimum atomic E-state index is -3.53. The molecule has 8 nitrogen and oxygen atoms in total. The third-order valence-corrected chi connectivity index (χ3v) is 8.93. The van der Waals surface area contributed by atoms with Gasteiger partial charge in [-0.1, -0.05) is 29.8 Å². The molecule has 0 spiro atoms. The number of hydrogen-bond donors (Lipinski definition) is 2. The molecule has 2 N–H and O–H groups in total. The zero-order valence-electron chi connectivity index (χ0n) is 22.0. The van der Waals surface area contributed by atoms with Crippen LogP contribution in [0.1, 0.15) is 64.9 Å². The number of ether oxygens (including phenoxy) is 1. The van der Waals surface area contributed by atoms with Crippen molar-refractivity contribution in [2.75, 3.05) is 10.6 Å². The molecule has 0 radical (unpaired) electrons. The van der Waals surface area contributed by atoms with E-state index in [2.05, 4.69) is 20.6 Å². The van der Waals surface area contributed by atoms with Crippen molar-refractivity contribution in [1.82, 2.24) is 9.97 Å². The molecule has 4 rings (SSSR count). The van der Waals surface area contributed by atoms with Gasteiger partial charge < -0.3 is 15.4 Å². The SMILES string of the molecule is CC(C)Oc1cc(C2CCC(=O)CC2)ccc1Nc1ncc(Cl)c(Nc2ccccc2S(=O)(=O)C(C)C)n1. The van der Waals surface area contributed by atoms with Gasteiger partial charge in [-0.15, -0.1) is 0 Å². The quantitative estimate of drug-likeness (QED) is 0.295. The van der Waals surface area contributed by atoms with Crippen molar-refractivity contribution in [3.63, 3.8) is 0 Å². The number of carbonyl (C=O) groups excluding carboxylic acids is 1. The summed E-state index contributed by atoms with van der Waals surface area (Å²) in [5, 5.41) is 5.94. The third-order valence-electron chi connectivity index (χ3n) is 6.44. The fourth-order valence-electron chi connectivity index (χ4n) is 4.36. The maximum Gasteiger partial charge on any atom is 0.229 e. The summed E-state index contributed by atoms with van der Waals surface area (Å²) in [6, 6.07) is 12.6. The van der Waals surface area contributed by atoms with Crippen molar-refractivity contribution in [1.29, 1.82) is 0 Å². The molecule has 2 aromatic carbocycles. The van der Waals surface area contributed by atoms with Gasteiger partial charge in [0.05, 0.1) is 33.8 Å². The summed E-state index contributed by atoms with van der Waals surface area (Å²) in [4.78, 5) is 20.7. The summed E-state index contributed by atoms with van der Waals surface area (Å²) in [5.74, 6) is 1.85. The zero-order valence-corrected chi connectivity index (χ0v) is 23.6. The molecule has 1 aromatic heterocycles. The lowest BCUT2D eigenvalue weighted by Crippen LogP contribution is -2.15. The van der Waals surface area contributed by atoms with E-state index in [0.717, 1.165) is 18.4 Å². The molecule has 0 atom stereocenters. The monoisotopic (exact) mass is 556 g/mol. The van der Waals surface area contributed by atoms with Gasteiger partial charge in [0, 0.05) is 12.8 Å². The number of nitrogens with zero attached hydrogens (tertiary/aromatic N) is 2. The van der Waals surface area contributed by atoms with E-state index >= 15 is 0 Å². The number of benzene rings is 2. The Labute approximate surface area is 229 Å². The first-order valence-electron chi connectivity index (χ1n) is 12.8. The van der Waals surface area contributed by atoms with E-state index in [0.29, 0.717) is 41.7 Å². The standard InChI is InChI=1S/C28H33ClN4O4S/c1-17(2)37-25-15-20(19-9-12-21(34)13-10-19)11-14-23(25)32-28-30-16-22(29)27(33-28)31-24-7-5-6-8-26(24)38(35,36)18(3)4/h5-8,11,14-19H,9-10,12-13H2,1-4H3,(H2,30,31,32,33). The van der Waals surface area contributed by atoms with Crippen molar-refractivity contribution in [3.8, 4) is 5.75 Å². The van der Waals surface area contributed by atoms with Crippen LogP contribution in [0.25, 0.3) is 0 Å². The summed E-state index contributed by atoms with van der Waals surface area (Å²) in [5.41, 5.74) is 2.21. The van der Waals surface area contributed by atoms with Crippen molar-refractivity contribution in [2.45, 2.75) is 75.5 Å². The van der Waals surface area contributed by atoms with E-state index in [1.54, 1.807) is 38.1 Å². The number of ketones is 1. The summed E-state index contributed by atoms with van der Waals surface area (Å²) < 4.78 is 31.8. The van der Waals surface area contributed by atoms with E-state index in [4.69, 9.17) is 16.3 Å². The average molecular weight is 557 g/mol. The van der Waals surface area contributed by atoms with E-state index in [9.17, 15) is 13.2 Å². The lowest BCUT2D eigenvalue weighted by atomic mass is 9.83. The predicted octanol–water partition coefficient (Wildman–Crippen LogP) is 6.81. The number of Topliss-reactive ketones (excluding diaryl/α,β-unsaturated/α-hetero) is 1. The minimum absolute atomic E-state index is 0.0542. The Morgan fingerprint density at radius 1 is 1.00 bits per heavy atom. The predicted molar refractivity (Wildman–Crippen MR) is 151 cm³/mol. The molecule has 0 aliphatic heterocycles. The summed E-state index contributed by atoms with van der Waals surface area (Å²) in [6.07, 6.45) is 4.31. The van der Waals surface area contributed by atoms with Gasteiger partial charge in [0.25, 0.3) is 0 Å². The lowest BCUT2D eigenvalue weighted by Gasteiger charge is -2.23. The third kappa shape index (κ3) is 6.45. The first-order valence-corrected chi connectivity index (χ1v) is 14.7. The van der Waals surface area contributed by atoms with Gasteiger partial charge in [-0.2, -0.15) is 4.98 Å². The van der Waals surface area contributed by atoms with Gasteiger partial charge in [-0.25, -0.2) is 13.4 Å². The Morgan fingerprint density at radius 2 is 1.71 bits per heavy atom. The molecule has 1 aliphatic rings. The fraction of sp³-hybridized carbons (Fsp3) is 0.393. The van der Waals surface area contributed by atoms with Crippen molar-refractivity contribution in [2.24, 2.45) is 0 Å². The zero-order chi connectivity index (χ0) is 27.4. The molecule has 1 saturated carbocycles. The van der Waals surface area contributed by atoms with Gasteiger partial charge >= 0.3 is 0 Å². The topological polar surface area (TPSA) is 110 Å². The largest absolute Gasteiger partial charge is 0.489 e. The second-order valence-corrected chi connectivity index (χ2v) is 12.8. The van der Waals surface area contributed by atoms with Crippen molar-refractivity contribution in [3.05, 3.63) is 59.2 Å². The number of anilines is 4. The van der Waals surface area contributed by atoms with Crippen LogP contribution in [0, 0.1) is 0 Å². The highest BCUT2D eigenvalue weighted by Gasteiger charge is 2.24. The second kappa shape index (κ2) is 11.7. The molecule has 0 unspecified atom stereocenters. The van der Waals surface area contributed by atoms with Crippen LogP contribution in [0.15, 0.2) is 53.6 Å². The highest BCUT2D eigenvalue weighted by Crippen LogP contribution is 2.37. The van der Waals surface area contributed by atoms with Crippen LogP contribution in [0.4, 0.5) is 23.1 Å². The van der Waals surface area contributed by atoms with E-state index in [1.165, 1.54) is 6.20 Å². The van der Waals surface area contributed by atoms with Crippen LogP contribution in [0.5, 0.6) is 5.75 Å². The minimum Gasteiger partial charge on any atom is -0.489 e. The molecular formula is C28H33ClN4O4S. The first kappa shape index (κ1) is 27.9. The molecule has 1 heterocycles. The van der Waals surface area contributed by atoms with E-state index in [-0.39, 0.29) is 27.8 Å². The number of aromatic nitrogens is 2. The van der Waals surface area contributed by atoms with Crippen LogP contribution in [-0.2, 0) is 14.6 Å². The molecule has 202 valence electrons. The van der Waals surface area contributed by atoms with Crippen LogP contribution in [-0.4, -0.2) is 35.5 Å². The van der Waals surface area contributed by atoms with Crippen LogP contribution in [0.2, 0.25) is 5.02 Å². The number of para-hydroxylation sites is 1. The number of hydrogen-bond acceptors (Lipinski definition) is 8. The van der Waals surface area contributed by atoms with Gasteiger partial charge in [-0.3, -0.25) is 4.79 Å². The molecule has 38 heavy (non-hydrogen) atoms. The first-order chi connectivity index (χ1) is 18.0. The summed E-state index contributed by atoms with van der Waals surface area (Å²) in [6.45, 7) is 7.20. The van der Waals surface area contributed by atoms with Gasteiger partial charge in [-0.05, 0) is 76.3 Å². The Kier molecular flexibility index (Phi) is 8.57. The summed E-state index contributed by atoms with van der Waals surface area (Å²) in [7, 11) is -3.53. The molecule has 0 amide bonds. The van der Waals surface area contributed by atoms with Crippen LogP contribution in [0.3, 0.4) is 0 Å². The van der Waals surface area contributed by atoms with Crippen LogP contribution >= 0.6 is 11.6 Å². The molecular weight excluding hydrogens is 524 g/mol. The average Bonchev–Trinajstić information content (AvgIpc) is 2.87. The summed E-state index contributed by atoms with van der Waals surface area (Å²) >= 11 is 6.38. The Balaban J connectivity index is 1.62. The van der Waals surface area contributed by atoms with Gasteiger partial charge in [0.1, 0.15) is 16.6 Å². The number of halogens is 1. The molecule has 1 aliphatic carbocycles. The maximum absolute atomic E-state index is 12.9. The Hall–Kier alpha value is -3.17. The van der Waals surface area contributed by atoms with Crippen LogP contribution < -0.4 is 15.4 Å². The fourth-order valence-corrected chi connectivity index (χ4v) is 5.70. The van der Waals surface area contributed by atoms with Crippen molar-refractivity contribution < 1.29 is 17.9 Å². The number of rotatable bonds is 9. The molecule has 0 bridgehead atoms. The second-order valence-electron chi connectivity index (χ2n) is 9.97. The molecule has 1 fully saturated rings.